The highest BCUT2D eigenvalue weighted by Crippen LogP contribution is 2.47. The van der Waals surface area contributed by atoms with Crippen molar-refractivity contribution in [3.8, 4) is 0 Å². The predicted octanol–water partition coefficient (Wildman–Crippen LogP) is 6.97. The maximum absolute atomic E-state index is 13.0. The Kier molecular flexibility index (Phi) is 32.1. The van der Waals surface area contributed by atoms with E-state index in [1.54, 1.807) is 6.08 Å². The summed E-state index contributed by atoms with van der Waals surface area (Å²) >= 11 is 0. The molecule has 58 heavy (non-hydrogen) atoms. The molecule has 0 saturated heterocycles. The van der Waals surface area contributed by atoms with Gasteiger partial charge in [0.25, 0.3) is 0 Å². The third kappa shape index (κ3) is 26.0. The minimum atomic E-state index is -5.15. The van der Waals surface area contributed by atoms with Crippen LogP contribution in [0.5, 0.6) is 0 Å². The summed E-state index contributed by atoms with van der Waals surface area (Å²) in [6.45, 7) is 3.68. The van der Waals surface area contributed by atoms with Crippen LogP contribution in [0.15, 0.2) is 36.5 Å². The molecule has 8 unspecified atom stereocenters. The van der Waals surface area contributed by atoms with Crippen molar-refractivity contribution in [2.75, 3.05) is 6.61 Å². The maximum Gasteiger partial charge on any atom is 0.472 e. The molecule has 1 fully saturated rings. The Morgan fingerprint density at radius 3 is 1.52 bits per heavy atom. The second-order valence-corrected chi connectivity index (χ2v) is 17.5. The van der Waals surface area contributed by atoms with E-state index in [0.717, 1.165) is 44.9 Å². The van der Waals surface area contributed by atoms with Crippen LogP contribution >= 0.6 is 7.82 Å². The van der Waals surface area contributed by atoms with Gasteiger partial charge in [0.15, 0.2) is 0 Å². The van der Waals surface area contributed by atoms with Gasteiger partial charge in [-0.25, -0.2) is 4.57 Å². The average molecular weight is 848 g/mol. The predicted molar refractivity (Wildman–Crippen MR) is 229 cm³/mol. The molecule has 13 nitrogen and oxygen atoms in total. The fourth-order valence-corrected chi connectivity index (χ4v) is 7.94. The van der Waals surface area contributed by atoms with Gasteiger partial charge in [0.1, 0.15) is 36.6 Å². The Hall–Kier alpha value is -1.48. The molecule has 0 aromatic carbocycles. The van der Waals surface area contributed by atoms with Gasteiger partial charge in [-0.1, -0.05) is 159 Å². The van der Waals surface area contributed by atoms with Crippen LogP contribution in [0.2, 0.25) is 0 Å². The molecule has 1 amide bonds. The molecule has 0 aromatic heterocycles. The van der Waals surface area contributed by atoms with Crippen molar-refractivity contribution in [3.63, 3.8) is 0 Å². The zero-order valence-corrected chi connectivity index (χ0v) is 36.6. The lowest BCUT2D eigenvalue weighted by molar-refractivity contribution is -0.220. The summed E-state index contributed by atoms with van der Waals surface area (Å²) in [4.78, 5) is 23.4. The van der Waals surface area contributed by atoms with Crippen LogP contribution in [0, 0.1) is 0 Å². The SMILES string of the molecule is CCCCC/C=C/CC/C=C/CC/C=C/C(O)C(COP(=O)(O)OC1C(O)C(O)C(O)C(O)C1O)NC(=O)CC(O)CCCCCCCCCCCCCCCCC. The number of aliphatic hydroxyl groups is 7. The first-order chi connectivity index (χ1) is 27.8. The molecule has 0 radical (unpaired) electrons. The summed E-state index contributed by atoms with van der Waals surface area (Å²) in [5, 5.41) is 74.3. The van der Waals surface area contributed by atoms with Crippen LogP contribution < -0.4 is 5.32 Å². The number of carbonyl (C=O) groups excluding carboxylic acids is 1. The third-order valence-corrected chi connectivity index (χ3v) is 11.7. The van der Waals surface area contributed by atoms with Crippen molar-refractivity contribution < 1.29 is 59.0 Å². The van der Waals surface area contributed by atoms with Gasteiger partial charge in [-0.3, -0.25) is 13.8 Å². The van der Waals surface area contributed by atoms with Crippen molar-refractivity contribution in [1.82, 2.24) is 5.32 Å². The molecule has 14 heteroatoms. The average Bonchev–Trinajstić information content (AvgIpc) is 3.19. The normalized spacial score (nSPS) is 24.1. The van der Waals surface area contributed by atoms with Gasteiger partial charge in [0.2, 0.25) is 5.91 Å². The van der Waals surface area contributed by atoms with E-state index in [2.05, 4.69) is 37.4 Å². The largest absolute Gasteiger partial charge is 0.472 e. The number of carbonyl (C=O) groups is 1. The molecule has 0 bridgehead atoms. The molecule has 1 aliphatic rings. The quantitative estimate of drug-likeness (QED) is 0.0177. The van der Waals surface area contributed by atoms with Crippen molar-refractivity contribution in [1.29, 1.82) is 0 Å². The first-order valence-corrected chi connectivity index (χ1v) is 24.0. The summed E-state index contributed by atoms with van der Waals surface area (Å²) in [6.07, 6.45) is 23.8. The minimum Gasteiger partial charge on any atom is -0.393 e. The first-order valence-electron chi connectivity index (χ1n) is 22.5. The highest BCUT2D eigenvalue weighted by molar-refractivity contribution is 7.47. The lowest BCUT2D eigenvalue weighted by atomic mass is 9.85. The Morgan fingerprint density at radius 1 is 0.603 bits per heavy atom. The van der Waals surface area contributed by atoms with Gasteiger partial charge in [0.05, 0.1) is 31.3 Å². The van der Waals surface area contributed by atoms with Gasteiger partial charge >= 0.3 is 7.82 Å². The second-order valence-electron chi connectivity index (χ2n) is 16.1. The summed E-state index contributed by atoms with van der Waals surface area (Å²) in [5.41, 5.74) is 0. The second kappa shape index (κ2) is 34.1. The number of hydrogen-bond acceptors (Lipinski definition) is 11. The Balaban J connectivity index is 2.59. The third-order valence-electron chi connectivity index (χ3n) is 10.7. The van der Waals surface area contributed by atoms with Gasteiger partial charge in [0, 0.05) is 0 Å². The van der Waals surface area contributed by atoms with Gasteiger partial charge in [-0.15, -0.1) is 0 Å². The summed E-state index contributed by atoms with van der Waals surface area (Å²) in [6, 6.07) is -1.26. The van der Waals surface area contributed by atoms with E-state index in [0.29, 0.717) is 19.3 Å². The summed E-state index contributed by atoms with van der Waals surface area (Å²) in [7, 11) is -5.15. The Bertz CT molecular complexity index is 1140. The van der Waals surface area contributed by atoms with E-state index >= 15 is 0 Å². The van der Waals surface area contributed by atoms with Crippen LogP contribution in [-0.2, 0) is 18.4 Å². The molecule has 8 atom stereocenters. The molecule has 1 aliphatic carbocycles. The minimum absolute atomic E-state index is 0.254. The molecule has 0 spiro atoms. The molecule has 9 N–H and O–H groups in total. The molecular formula is C44H82NO12P. The van der Waals surface area contributed by atoms with Gasteiger partial charge in [-0.05, 0) is 44.9 Å². The van der Waals surface area contributed by atoms with E-state index in [1.807, 2.05) is 6.08 Å². The molecule has 340 valence electrons. The lowest BCUT2D eigenvalue weighted by Crippen LogP contribution is -2.64. The topological polar surface area (TPSA) is 226 Å². The standard InChI is InChI=1S/C44H82NO12P/c1-3-5-7-9-11-13-15-17-18-20-21-23-25-27-29-31-35(46)33-38(48)45-36(37(47)32-30-28-26-24-22-19-16-14-12-10-8-6-4-2)34-56-58(54,55)57-44-42(52)40(50)39(49)41(51)43(44)53/h12,14,22,24,30,32,35-37,39-44,46-47,49-53H,3-11,13,15-21,23,25-29,31,33-34H2,1-2H3,(H,45,48)(H,54,55)/b14-12+,24-22+,32-30+. The number of amides is 1. The molecule has 0 aliphatic heterocycles. The van der Waals surface area contributed by atoms with E-state index in [-0.39, 0.29) is 6.42 Å². The van der Waals surface area contributed by atoms with E-state index < -0.39 is 75.2 Å². The van der Waals surface area contributed by atoms with Crippen LogP contribution in [0.4, 0.5) is 0 Å². The highest BCUT2D eigenvalue weighted by Gasteiger charge is 2.51. The fraction of sp³-hybridized carbons (Fsp3) is 0.841. The van der Waals surface area contributed by atoms with Crippen molar-refractivity contribution >= 4 is 13.7 Å². The van der Waals surface area contributed by atoms with Crippen molar-refractivity contribution in [2.45, 2.75) is 229 Å². The van der Waals surface area contributed by atoms with Crippen LogP contribution in [0.1, 0.15) is 174 Å². The Labute approximate surface area is 349 Å². The smallest absolute Gasteiger partial charge is 0.393 e. The number of allylic oxidation sites excluding steroid dienone is 5. The molecule has 0 aromatic rings. The number of unbranched alkanes of at least 4 members (excludes halogenated alkanes) is 19. The van der Waals surface area contributed by atoms with Crippen LogP contribution in [-0.4, -0.2) is 108 Å². The highest BCUT2D eigenvalue weighted by atomic mass is 31.2. The van der Waals surface area contributed by atoms with Crippen LogP contribution in [0.3, 0.4) is 0 Å². The molecular weight excluding hydrogens is 765 g/mol. The van der Waals surface area contributed by atoms with Crippen molar-refractivity contribution in [2.24, 2.45) is 0 Å². The van der Waals surface area contributed by atoms with E-state index in [1.165, 1.54) is 96.0 Å². The summed E-state index contributed by atoms with van der Waals surface area (Å²) < 4.78 is 22.8. The molecule has 1 saturated carbocycles. The zero-order valence-electron chi connectivity index (χ0n) is 35.7. The summed E-state index contributed by atoms with van der Waals surface area (Å²) in [5.74, 6) is -0.607. The first kappa shape index (κ1) is 54.5. The molecule has 0 heterocycles. The number of phosphoric acid groups is 1. The van der Waals surface area contributed by atoms with Gasteiger partial charge in [-0.2, -0.15) is 0 Å². The fourth-order valence-electron chi connectivity index (χ4n) is 6.98. The number of nitrogens with one attached hydrogen (secondary N) is 1. The van der Waals surface area contributed by atoms with Gasteiger partial charge < -0.3 is 46.0 Å². The number of hydrogen-bond donors (Lipinski definition) is 9. The van der Waals surface area contributed by atoms with E-state index in [9.17, 15) is 50.0 Å². The maximum atomic E-state index is 13.0. The number of phosphoric ester groups is 1. The van der Waals surface area contributed by atoms with E-state index in [4.69, 9.17) is 9.05 Å². The Morgan fingerprint density at radius 2 is 1.02 bits per heavy atom. The lowest BCUT2D eigenvalue weighted by Gasteiger charge is -2.41. The van der Waals surface area contributed by atoms with Crippen molar-refractivity contribution in [3.05, 3.63) is 36.5 Å². The monoisotopic (exact) mass is 848 g/mol. The number of aliphatic hydroxyl groups excluding tert-OH is 7. The van der Waals surface area contributed by atoms with Crippen LogP contribution in [0.25, 0.3) is 0 Å². The molecule has 1 rings (SSSR count). The number of rotatable bonds is 36. The zero-order chi connectivity index (χ0) is 43.0.